The number of esters is 1. The summed E-state index contributed by atoms with van der Waals surface area (Å²) in [6, 6.07) is 28.5. The number of ether oxygens (including phenoxy) is 2. The highest BCUT2D eigenvalue weighted by atomic mass is 32.1. The van der Waals surface area contributed by atoms with Crippen LogP contribution in [-0.4, -0.2) is 38.3 Å². The third-order valence-corrected chi connectivity index (χ3v) is 8.49. The van der Waals surface area contributed by atoms with Crippen molar-refractivity contribution < 1.29 is 14.3 Å². The Morgan fingerprint density at radius 3 is 2.40 bits per heavy atom. The molecule has 0 saturated heterocycles. The van der Waals surface area contributed by atoms with Gasteiger partial charge in [-0.1, -0.05) is 84.1 Å². The highest BCUT2D eigenvalue weighted by Gasteiger charge is 2.37. The molecular weight excluding hydrogens is 558 g/mol. The highest BCUT2D eigenvalue weighted by molar-refractivity contribution is 7.07. The number of nitrogens with zero attached hydrogens (tertiary/aromatic N) is 3. The van der Waals surface area contributed by atoms with E-state index >= 15 is 0 Å². The van der Waals surface area contributed by atoms with Gasteiger partial charge in [-0.25, -0.2) is 9.79 Å². The first-order chi connectivity index (χ1) is 20.9. The summed E-state index contributed by atoms with van der Waals surface area (Å²) in [4.78, 5) is 35.7. The largest absolute Gasteiger partial charge is 0.496 e. The van der Waals surface area contributed by atoms with Gasteiger partial charge in [-0.2, -0.15) is 0 Å². The van der Waals surface area contributed by atoms with Gasteiger partial charge in [0.05, 0.1) is 29.5 Å². The van der Waals surface area contributed by atoms with E-state index in [9.17, 15) is 9.59 Å². The quantitative estimate of drug-likeness (QED) is 0.245. The Labute approximate surface area is 253 Å². The fourth-order valence-corrected chi connectivity index (χ4v) is 6.47. The molecule has 2 heterocycles. The molecule has 0 spiro atoms. The first kappa shape index (κ1) is 28.2. The minimum atomic E-state index is -0.843. The molecule has 1 atom stereocenters. The van der Waals surface area contributed by atoms with E-state index in [1.54, 1.807) is 18.6 Å². The molecule has 0 radical (unpaired) electrons. The summed E-state index contributed by atoms with van der Waals surface area (Å²) in [5.41, 5.74) is 3.94. The zero-order valence-electron chi connectivity index (χ0n) is 24.4. The number of carbonyl (C=O) groups excluding carboxylic acids is 1. The van der Waals surface area contributed by atoms with Crippen molar-refractivity contribution in [1.82, 2.24) is 4.57 Å². The van der Waals surface area contributed by atoms with Crippen molar-refractivity contribution in [1.29, 1.82) is 0 Å². The summed E-state index contributed by atoms with van der Waals surface area (Å²) in [6.45, 7) is 1.95. The number of methoxy groups -OCH3 is 1. The Kier molecular flexibility index (Phi) is 7.69. The van der Waals surface area contributed by atoms with Crippen LogP contribution in [0.1, 0.15) is 29.7 Å². The van der Waals surface area contributed by atoms with Crippen LogP contribution in [0.2, 0.25) is 0 Å². The average molecular weight is 590 g/mol. The summed E-state index contributed by atoms with van der Waals surface area (Å²) in [7, 11) is 5.57. The van der Waals surface area contributed by atoms with Crippen LogP contribution in [0, 0.1) is 0 Å². The van der Waals surface area contributed by atoms with Crippen molar-refractivity contribution in [3.63, 3.8) is 0 Å². The molecule has 8 heteroatoms. The average Bonchev–Trinajstić information content (AvgIpc) is 3.34. The second-order valence-corrected chi connectivity index (χ2v) is 11.3. The maximum Gasteiger partial charge on any atom is 0.338 e. The summed E-state index contributed by atoms with van der Waals surface area (Å²) in [5, 5.41) is 1.83. The van der Waals surface area contributed by atoms with Crippen LogP contribution in [0.4, 0.5) is 5.69 Å². The number of thiazole rings is 1. The van der Waals surface area contributed by atoms with Crippen molar-refractivity contribution >= 4 is 45.5 Å². The Morgan fingerprint density at radius 1 is 0.977 bits per heavy atom. The highest BCUT2D eigenvalue weighted by Crippen LogP contribution is 2.42. The molecule has 0 aliphatic carbocycles. The predicted octanol–water partition coefficient (Wildman–Crippen LogP) is 5.16. The van der Waals surface area contributed by atoms with Crippen LogP contribution in [0.5, 0.6) is 5.75 Å². The van der Waals surface area contributed by atoms with Crippen LogP contribution < -0.4 is 24.5 Å². The van der Waals surface area contributed by atoms with Crippen molar-refractivity contribution in [2.24, 2.45) is 4.99 Å². The van der Waals surface area contributed by atoms with Crippen LogP contribution >= 0.6 is 11.3 Å². The maximum absolute atomic E-state index is 14.3. The number of fused-ring (bicyclic) bond motifs is 2. The minimum absolute atomic E-state index is 0.178. The van der Waals surface area contributed by atoms with Gasteiger partial charge >= 0.3 is 5.97 Å². The number of rotatable bonds is 7. The molecule has 0 bridgehead atoms. The molecular formula is C35H31N3O4S. The Bertz CT molecular complexity index is 2040. The molecule has 0 fully saturated rings. The smallest absolute Gasteiger partial charge is 0.338 e. The van der Waals surface area contributed by atoms with E-state index in [4.69, 9.17) is 14.5 Å². The zero-order valence-corrected chi connectivity index (χ0v) is 25.2. The Morgan fingerprint density at radius 2 is 1.70 bits per heavy atom. The topological polar surface area (TPSA) is 73.1 Å². The van der Waals surface area contributed by atoms with Gasteiger partial charge in [-0.05, 0) is 47.5 Å². The standard InChI is InChI=1S/C35H31N3O4S/c1-5-42-34(40)30-31(24-12-7-6-8-13-24)36-35-38(32(30)29-26-14-10-9-11-23(26)17-20-27(29)41-4)33(39)28(43-35)21-22-15-18-25(19-16-22)37(2)3/h6-21,32H,5H2,1-4H3/b28-21+. The maximum atomic E-state index is 14.3. The predicted molar refractivity (Wildman–Crippen MR) is 172 cm³/mol. The van der Waals surface area contributed by atoms with Gasteiger partial charge in [0.25, 0.3) is 5.56 Å². The van der Waals surface area contributed by atoms with Gasteiger partial charge < -0.3 is 14.4 Å². The second kappa shape index (κ2) is 11.7. The number of hydrogen-bond donors (Lipinski definition) is 0. The molecule has 216 valence electrons. The monoisotopic (exact) mass is 589 g/mol. The van der Waals surface area contributed by atoms with Gasteiger partial charge in [0.2, 0.25) is 0 Å². The molecule has 7 nitrogen and oxygen atoms in total. The molecule has 0 saturated carbocycles. The van der Waals surface area contributed by atoms with E-state index in [0.29, 0.717) is 26.3 Å². The molecule has 5 aromatic rings. The van der Waals surface area contributed by atoms with Gasteiger partial charge in [0.15, 0.2) is 4.80 Å². The number of benzene rings is 4. The lowest BCUT2D eigenvalue weighted by molar-refractivity contribution is -0.138. The van der Waals surface area contributed by atoms with Crippen molar-refractivity contribution in [2.45, 2.75) is 13.0 Å². The lowest BCUT2D eigenvalue weighted by atomic mass is 9.89. The molecule has 1 aliphatic rings. The van der Waals surface area contributed by atoms with Crippen LogP contribution in [0.3, 0.4) is 0 Å². The fourth-order valence-electron chi connectivity index (χ4n) is 5.47. The van der Waals surface area contributed by atoms with E-state index < -0.39 is 12.0 Å². The number of aromatic nitrogens is 1. The molecule has 0 amide bonds. The summed E-state index contributed by atoms with van der Waals surface area (Å²) in [5.74, 6) is 0.0345. The third-order valence-electron chi connectivity index (χ3n) is 7.50. The van der Waals surface area contributed by atoms with E-state index in [0.717, 1.165) is 27.6 Å². The molecule has 4 aromatic carbocycles. The molecule has 1 aromatic heterocycles. The zero-order chi connectivity index (χ0) is 30.1. The van der Waals surface area contributed by atoms with E-state index in [-0.39, 0.29) is 17.7 Å². The van der Waals surface area contributed by atoms with Crippen molar-refractivity contribution in [3.05, 3.63) is 133 Å². The van der Waals surface area contributed by atoms with Gasteiger partial charge in [-0.3, -0.25) is 9.36 Å². The van der Waals surface area contributed by atoms with Crippen molar-refractivity contribution in [2.75, 3.05) is 32.7 Å². The number of anilines is 1. The first-order valence-corrected chi connectivity index (χ1v) is 14.8. The molecule has 1 unspecified atom stereocenters. The third kappa shape index (κ3) is 5.15. The minimum Gasteiger partial charge on any atom is -0.496 e. The molecule has 0 N–H and O–H groups in total. The lowest BCUT2D eigenvalue weighted by Gasteiger charge is -2.28. The van der Waals surface area contributed by atoms with Crippen molar-refractivity contribution in [3.8, 4) is 5.75 Å². The molecule has 43 heavy (non-hydrogen) atoms. The first-order valence-electron chi connectivity index (χ1n) is 14.0. The van der Waals surface area contributed by atoms with Gasteiger partial charge in [0, 0.05) is 30.9 Å². The SMILES string of the molecule is CCOC(=O)C1=C(c2ccccc2)N=c2s/c(=C/c3ccc(N(C)C)cc3)c(=O)n2C1c1c(OC)ccc2ccccc12. The van der Waals surface area contributed by atoms with E-state index in [1.807, 2.05) is 116 Å². The lowest BCUT2D eigenvalue weighted by Crippen LogP contribution is -2.40. The van der Waals surface area contributed by atoms with Crippen LogP contribution in [0.15, 0.2) is 106 Å². The van der Waals surface area contributed by atoms with Gasteiger partial charge in [-0.15, -0.1) is 0 Å². The number of hydrogen-bond acceptors (Lipinski definition) is 7. The van der Waals surface area contributed by atoms with E-state index in [2.05, 4.69) is 0 Å². The van der Waals surface area contributed by atoms with E-state index in [1.165, 1.54) is 11.3 Å². The number of carbonyl (C=O) groups is 1. The molecule has 1 aliphatic heterocycles. The Balaban J connectivity index is 1.70. The second-order valence-electron chi connectivity index (χ2n) is 10.3. The summed E-state index contributed by atoms with van der Waals surface area (Å²) in [6.07, 6.45) is 1.87. The van der Waals surface area contributed by atoms with Crippen LogP contribution in [-0.2, 0) is 9.53 Å². The van der Waals surface area contributed by atoms with Crippen LogP contribution in [0.25, 0.3) is 22.5 Å². The van der Waals surface area contributed by atoms with Gasteiger partial charge in [0.1, 0.15) is 11.8 Å². The molecule has 6 rings (SSSR count). The fraction of sp³-hybridized carbons (Fsp3) is 0.171. The normalized spacial score (nSPS) is 14.8. The Hall–Kier alpha value is -4.95. The summed E-state index contributed by atoms with van der Waals surface area (Å²) < 4.78 is 13.7. The summed E-state index contributed by atoms with van der Waals surface area (Å²) >= 11 is 1.30.